The smallest absolute Gasteiger partial charge is 1.00 e. The van der Waals surface area contributed by atoms with Crippen molar-refractivity contribution in [2.75, 3.05) is 0 Å². The SMILES string of the molecule is Cc1ccccc1OP(=O)(Oc1ccccc1C)Oc1ccccc1C.[Ca+2].[H+].[H-].[H-]. The molecule has 27 heavy (non-hydrogen) atoms. The molecule has 0 unspecified atom stereocenters. The molecule has 138 valence electrons. The van der Waals surface area contributed by atoms with Crippen molar-refractivity contribution in [1.82, 2.24) is 0 Å². The maximum Gasteiger partial charge on any atom is 2.00 e. The van der Waals surface area contributed by atoms with Gasteiger partial charge in [-0.1, -0.05) is 54.6 Å². The van der Waals surface area contributed by atoms with Gasteiger partial charge in [-0.3, -0.25) is 0 Å². The number of aryl methyl sites for hydroxylation is 3. The van der Waals surface area contributed by atoms with E-state index in [4.69, 9.17) is 13.6 Å². The minimum absolute atomic E-state index is 0. The Morgan fingerprint density at radius 2 is 0.889 bits per heavy atom. The van der Waals surface area contributed by atoms with Crippen molar-refractivity contribution >= 4 is 45.6 Å². The van der Waals surface area contributed by atoms with Crippen LogP contribution in [0.5, 0.6) is 17.2 Å². The predicted octanol–water partition coefficient (Wildman–Crippen LogP) is 6.21. The van der Waals surface area contributed by atoms with Crippen LogP contribution in [0.15, 0.2) is 72.8 Å². The third-order valence-electron chi connectivity index (χ3n) is 3.91. The van der Waals surface area contributed by atoms with Gasteiger partial charge >= 0.3 is 47.0 Å². The summed E-state index contributed by atoms with van der Waals surface area (Å²) < 4.78 is 30.8. The average Bonchev–Trinajstić information content (AvgIpc) is 2.61. The van der Waals surface area contributed by atoms with Gasteiger partial charge in [0.05, 0.1) is 0 Å². The minimum Gasteiger partial charge on any atom is -1.00 e. The molecule has 4 nitrogen and oxygen atoms in total. The van der Waals surface area contributed by atoms with Crippen LogP contribution >= 0.6 is 7.82 Å². The Labute approximate surface area is 194 Å². The Morgan fingerprint density at radius 3 is 1.15 bits per heavy atom. The van der Waals surface area contributed by atoms with E-state index in [1.165, 1.54) is 0 Å². The summed E-state index contributed by atoms with van der Waals surface area (Å²) in [4.78, 5) is 0. The quantitative estimate of drug-likeness (QED) is 0.357. The predicted molar refractivity (Wildman–Crippen MR) is 112 cm³/mol. The second-order valence-electron chi connectivity index (χ2n) is 6.02. The Balaban J connectivity index is 0. The summed E-state index contributed by atoms with van der Waals surface area (Å²) in [5.74, 6) is 1.37. The standard InChI is InChI=1S/C21H21O4P.Ca.2H/c1-16-10-4-7-13-19(16)23-26(22,24-20-14-8-5-11-17(20)2)25-21-15-9-6-12-18(21)3;;;/h4-15H,1-3H3;;;/q;+2;2*-1/p+1. The molecule has 0 N–H and O–H groups in total. The summed E-state index contributed by atoms with van der Waals surface area (Å²) in [6.07, 6.45) is 0. The van der Waals surface area contributed by atoms with Crippen LogP contribution in [0, 0.1) is 20.8 Å². The van der Waals surface area contributed by atoms with Gasteiger partial charge in [-0.05, 0) is 55.7 Å². The fourth-order valence-corrected chi connectivity index (χ4v) is 3.84. The van der Waals surface area contributed by atoms with Crippen LogP contribution in [-0.2, 0) is 4.57 Å². The molecule has 0 radical (unpaired) electrons. The van der Waals surface area contributed by atoms with Gasteiger partial charge in [0.15, 0.2) is 0 Å². The summed E-state index contributed by atoms with van der Waals surface area (Å²) in [6.45, 7) is 5.63. The van der Waals surface area contributed by atoms with Gasteiger partial charge in [-0.2, -0.15) is 4.57 Å². The Hall–Kier alpha value is -1.45. The van der Waals surface area contributed by atoms with E-state index in [9.17, 15) is 4.57 Å². The van der Waals surface area contributed by atoms with E-state index in [-0.39, 0.29) is 42.0 Å². The molecule has 0 saturated heterocycles. The fourth-order valence-electron chi connectivity index (χ4n) is 2.39. The molecule has 0 spiro atoms. The zero-order chi connectivity index (χ0) is 18.6. The third kappa shape index (κ3) is 5.76. The first-order chi connectivity index (χ1) is 12.5. The zero-order valence-corrected chi connectivity index (χ0v) is 18.8. The van der Waals surface area contributed by atoms with Crippen LogP contribution in [0.1, 0.15) is 21.0 Å². The van der Waals surface area contributed by atoms with E-state index < -0.39 is 7.82 Å². The molecule has 3 aromatic carbocycles. The largest absolute Gasteiger partial charge is 2.00 e. The van der Waals surface area contributed by atoms with E-state index in [2.05, 4.69) is 0 Å². The molecule has 0 atom stereocenters. The van der Waals surface area contributed by atoms with Crippen LogP contribution in [0.2, 0.25) is 0 Å². The van der Waals surface area contributed by atoms with Gasteiger partial charge in [0.25, 0.3) is 0 Å². The summed E-state index contributed by atoms with van der Waals surface area (Å²) in [5, 5.41) is 0. The molecule has 3 rings (SSSR count). The van der Waals surface area contributed by atoms with Crippen molar-refractivity contribution in [2.45, 2.75) is 20.8 Å². The number of hydrogen-bond acceptors (Lipinski definition) is 4. The number of phosphoric ester groups is 1. The molecule has 0 fully saturated rings. The van der Waals surface area contributed by atoms with Gasteiger partial charge in [0.2, 0.25) is 0 Å². The first kappa shape index (κ1) is 21.8. The molecule has 0 aromatic heterocycles. The Morgan fingerprint density at radius 1 is 0.630 bits per heavy atom. The fraction of sp³-hybridized carbons (Fsp3) is 0.143. The number of hydrogen-bond donors (Lipinski definition) is 0. The first-order valence-electron chi connectivity index (χ1n) is 8.32. The van der Waals surface area contributed by atoms with Gasteiger partial charge in [0, 0.05) is 0 Å². The number of rotatable bonds is 6. The van der Waals surface area contributed by atoms with Crippen molar-refractivity contribution in [3.05, 3.63) is 89.5 Å². The molecular weight excluding hydrogens is 387 g/mol. The van der Waals surface area contributed by atoms with Crippen LogP contribution in [-0.4, -0.2) is 37.7 Å². The number of para-hydroxylation sites is 3. The van der Waals surface area contributed by atoms with E-state index in [0.717, 1.165) is 16.7 Å². The monoisotopic (exact) mass is 411 g/mol. The summed E-state index contributed by atoms with van der Waals surface area (Å²) in [7, 11) is -3.97. The van der Waals surface area contributed by atoms with Crippen molar-refractivity contribution in [2.24, 2.45) is 0 Å². The van der Waals surface area contributed by atoms with Gasteiger partial charge in [-0.25, -0.2) is 0 Å². The Bertz CT molecular complexity index is 850. The second-order valence-corrected chi connectivity index (χ2v) is 7.46. The molecule has 0 aliphatic rings. The third-order valence-corrected chi connectivity index (χ3v) is 5.17. The second kappa shape index (κ2) is 9.66. The van der Waals surface area contributed by atoms with Crippen LogP contribution < -0.4 is 13.6 Å². The molecule has 0 aliphatic carbocycles. The number of benzene rings is 3. The normalized spacial score (nSPS) is 10.6. The molecule has 0 heterocycles. The van der Waals surface area contributed by atoms with E-state index in [0.29, 0.717) is 17.2 Å². The molecule has 3 aromatic rings. The van der Waals surface area contributed by atoms with Crippen molar-refractivity contribution in [1.29, 1.82) is 0 Å². The summed E-state index contributed by atoms with van der Waals surface area (Å²) in [6, 6.07) is 22.0. The Kier molecular flexibility index (Phi) is 7.81. The summed E-state index contributed by atoms with van der Waals surface area (Å²) >= 11 is 0. The van der Waals surface area contributed by atoms with Gasteiger partial charge in [0.1, 0.15) is 17.2 Å². The van der Waals surface area contributed by atoms with Gasteiger partial charge < -0.3 is 16.4 Å². The van der Waals surface area contributed by atoms with Crippen molar-refractivity contribution in [3.8, 4) is 17.2 Å². The van der Waals surface area contributed by atoms with E-state index in [1.807, 2.05) is 75.4 Å². The zero-order valence-electron chi connectivity index (χ0n) is 18.7. The minimum atomic E-state index is -3.97. The summed E-state index contributed by atoms with van der Waals surface area (Å²) in [5.41, 5.74) is 2.53. The molecular formula is C21H24CaO4P+. The number of phosphoric acid groups is 1. The first-order valence-corrected chi connectivity index (χ1v) is 9.79. The van der Waals surface area contributed by atoms with Crippen LogP contribution in [0.25, 0.3) is 0 Å². The van der Waals surface area contributed by atoms with Crippen LogP contribution in [0.4, 0.5) is 0 Å². The molecule has 0 saturated carbocycles. The van der Waals surface area contributed by atoms with Gasteiger partial charge in [-0.15, -0.1) is 0 Å². The molecule has 0 aliphatic heterocycles. The van der Waals surface area contributed by atoms with Crippen LogP contribution in [0.3, 0.4) is 0 Å². The topological polar surface area (TPSA) is 44.8 Å². The average molecular weight is 411 g/mol. The van der Waals surface area contributed by atoms with E-state index in [1.54, 1.807) is 18.2 Å². The maximum absolute atomic E-state index is 13.5. The molecule has 0 bridgehead atoms. The van der Waals surface area contributed by atoms with Crippen molar-refractivity contribution in [3.63, 3.8) is 0 Å². The molecule has 6 heteroatoms. The molecule has 0 amide bonds. The van der Waals surface area contributed by atoms with E-state index >= 15 is 0 Å². The maximum atomic E-state index is 13.5. The van der Waals surface area contributed by atoms with Crippen molar-refractivity contribution < 1.29 is 22.4 Å².